The summed E-state index contributed by atoms with van der Waals surface area (Å²) in [5.41, 5.74) is -4.01. The number of hydrogen-bond acceptors (Lipinski definition) is 6. The summed E-state index contributed by atoms with van der Waals surface area (Å²) in [7, 11) is -2.84. The predicted molar refractivity (Wildman–Crippen MR) is 113 cm³/mol. The Morgan fingerprint density at radius 1 is 1.31 bits per heavy atom. The van der Waals surface area contributed by atoms with Crippen molar-refractivity contribution >= 4 is 55.5 Å². The summed E-state index contributed by atoms with van der Waals surface area (Å²) in [6, 6.07) is 5.37. The van der Waals surface area contributed by atoms with E-state index in [1.54, 1.807) is 16.6 Å². The van der Waals surface area contributed by atoms with Gasteiger partial charge in [0.25, 0.3) is 0 Å². The first kappa shape index (κ1) is 20.2. The first-order valence-electron chi connectivity index (χ1n) is 9.21. The number of pyridine rings is 1. The number of nitrogens with zero attached hydrogens (tertiary/aromatic N) is 3. The zero-order valence-electron chi connectivity index (χ0n) is 15.1. The van der Waals surface area contributed by atoms with Crippen molar-refractivity contribution in [3.63, 3.8) is 0 Å². The number of piperidine rings is 1. The Morgan fingerprint density at radius 3 is 2.72 bits per heavy atom. The molecule has 3 fully saturated rings. The number of alkyl halides is 3. The summed E-state index contributed by atoms with van der Waals surface area (Å²) in [6.07, 6.45) is 1.86. The Hall–Kier alpha value is -0.730. The van der Waals surface area contributed by atoms with Crippen molar-refractivity contribution in [2.24, 2.45) is 5.92 Å². The Labute approximate surface area is 183 Å². The van der Waals surface area contributed by atoms with Gasteiger partial charge in [0.15, 0.2) is 9.84 Å². The first-order chi connectivity index (χ1) is 13.6. The standard InChI is InChI=1S/C17H18F3IN4O2S2/c18-17(19,20)28-14-12-2-1-3-13(25(12)23-15(14)21)22-16-4-5-24(7-10(16)6-16)11-8-29(26,27)9-11/h1-3,10-11,22H,4-9H2. The normalized spacial score (nSPS) is 29.4. The monoisotopic (exact) mass is 558 g/mol. The highest BCUT2D eigenvalue weighted by molar-refractivity contribution is 14.1. The predicted octanol–water partition coefficient (Wildman–Crippen LogP) is 3.22. The third-order valence-corrected chi connectivity index (χ3v) is 9.85. The average molecular weight is 558 g/mol. The van der Waals surface area contributed by atoms with Crippen LogP contribution in [0, 0.1) is 9.62 Å². The minimum atomic E-state index is -4.37. The van der Waals surface area contributed by atoms with Gasteiger partial charge in [-0.1, -0.05) is 6.07 Å². The molecular weight excluding hydrogens is 540 g/mol. The molecule has 6 nitrogen and oxygen atoms in total. The van der Waals surface area contributed by atoms with Gasteiger partial charge in [-0.25, -0.2) is 12.9 Å². The van der Waals surface area contributed by atoms with E-state index >= 15 is 0 Å². The van der Waals surface area contributed by atoms with Gasteiger partial charge in [0.2, 0.25) is 0 Å². The number of thioether (sulfide) groups is 1. The van der Waals surface area contributed by atoms with Crippen LogP contribution >= 0.6 is 34.4 Å². The molecule has 1 saturated carbocycles. The van der Waals surface area contributed by atoms with E-state index in [2.05, 4.69) is 15.3 Å². The van der Waals surface area contributed by atoms with Crippen LogP contribution in [0.5, 0.6) is 0 Å². The van der Waals surface area contributed by atoms with Crippen LogP contribution in [0.25, 0.3) is 5.52 Å². The van der Waals surface area contributed by atoms with Crippen LogP contribution in [0.15, 0.2) is 23.1 Å². The fourth-order valence-corrected chi connectivity index (χ4v) is 7.45. The number of halogens is 4. The van der Waals surface area contributed by atoms with Crippen molar-refractivity contribution < 1.29 is 21.6 Å². The molecular formula is C17H18F3IN4O2S2. The second-order valence-electron chi connectivity index (χ2n) is 8.03. The van der Waals surface area contributed by atoms with Crippen molar-refractivity contribution in [3.05, 3.63) is 21.9 Å². The molecule has 5 rings (SSSR count). The maximum absolute atomic E-state index is 12.9. The molecule has 0 amide bonds. The number of aromatic nitrogens is 2. The highest BCUT2D eigenvalue weighted by Crippen LogP contribution is 2.52. The van der Waals surface area contributed by atoms with Crippen LogP contribution in [0.1, 0.15) is 12.8 Å². The molecule has 1 aliphatic carbocycles. The van der Waals surface area contributed by atoms with Gasteiger partial charge in [0.05, 0.1) is 21.9 Å². The molecule has 2 aliphatic heterocycles. The summed E-state index contributed by atoms with van der Waals surface area (Å²) in [5.74, 6) is 1.61. The molecule has 2 unspecified atom stereocenters. The fourth-order valence-electron chi connectivity index (χ4n) is 4.52. The smallest absolute Gasteiger partial charge is 0.364 e. The van der Waals surface area contributed by atoms with Gasteiger partial charge >= 0.3 is 5.51 Å². The number of hydrogen-bond donors (Lipinski definition) is 1. The van der Waals surface area contributed by atoms with E-state index in [0.717, 1.165) is 25.9 Å². The lowest BCUT2D eigenvalue weighted by Gasteiger charge is -2.41. The first-order valence-corrected chi connectivity index (χ1v) is 12.9. The molecule has 1 N–H and O–H groups in total. The van der Waals surface area contributed by atoms with E-state index in [0.29, 0.717) is 21.0 Å². The summed E-state index contributed by atoms with van der Waals surface area (Å²) < 4.78 is 63.5. The Bertz CT molecular complexity index is 1080. The molecule has 2 atom stereocenters. The number of rotatable bonds is 4. The van der Waals surface area contributed by atoms with Crippen LogP contribution in [0.3, 0.4) is 0 Å². The van der Waals surface area contributed by atoms with Crippen molar-refractivity contribution in [1.29, 1.82) is 0 Å². The van der Waals surface area contributed by atoms with Crippen LogP contribution < -0.4 is 5.32 Å². The van der Waals surface area contributed by atoms with Gasteiger partial charge in [-0.3, -0.25) is 4.90 Å². The van der Waals surface area contributed by atoms with Gasteiger partial charge in [-0.15, -0.1) is 0 Å². The molecule has 0 bridgehead atoms. The minimum Gasteiger partial charge on any atom is -0.364 e. The summed E-state index contributed by atoms with van der Waals surface area (Å²) in [5, 5.41) is 7.89. The molecule has 3 aliphatic rings. The Balaban J connectivity index is 1.34. The zero-order valence-corrected chi connectivity index (χ0v) is 18.9. The van der Waals surface area contributed by atoms with E-state index in [-0.39, 0.29) is 39.7 Å². The van der Waals surface area contributed by atoms with E-state index in [1.165, 1.54) is 0 Å². The molecule has 29 heavy (non-hydrogen) atoms. The highest BCUT2D eigenvalue weighted by Gasteiger charge is 2.58. The van der Waals surface area contributed by atoms with Crippen LogP contribution in [-0.4, -0.2) is 64.6 Å². The highest BCUT2D eigenvalue weighted by atomic mass is 127. The van der Waals surface area contributed by atoms with Crippen molar-refractivity contribution in [2.45, 2.75) is 34.8 Å². The molecule has 2 saturated heterocycles. The fraction of sp³-hybridized carbons (Fsp3) is 0.588. The number of likely N-dealkylation sites (tertiary alicyclic amines) is 1. The molecule has 4 heterocycles. The SMILES string of the molecule is O=S1(=O)CC(N2CCC3(Nc4cccc5c(SC(F)(F)F)c(I)nn45)CC3C2)C1. The zero-order chi connectivity index (χ0) is 20.6. The van der Waals surface area contributed by atoms with E-state index < -0.39 is 15.3 Å². The van der Waals surface area contributed by atoms with Gasteiger partial charge in [0.1, 0.15) is 9.52 Å². The van der Waals surface area contributed by atoms with Crippen LogP contribution in [0.2, 0.25) is 0 Å². The van der Waals surface area contributed by atoms with Crippen LogP contribution in [-0.2, 0) is 9.84 Å². The van der Waals surface area contributed by atoms with E-state index in [4.69, 9.17) is 0 Å². The molecule has 12 heteroatoms. The van der Waals surface area contributed by atoms with Gasteiger partial charge in [0, 0.05) is 24.7 Å². The molecule has 0 radical (unpaired) electrons. The maximum Gasteiger partial charge on any atom is 0.446 e. The second-order valence-corrected chi connectivity index (χ2v) is 12.3. The lowest BCUT2D eigenvalue weighted by Crippen LogP contribution is -2.56. The largest absolute Gasteiger partial charge is 0.446 e. The number of fused-ring (bicyclic) bond motifs is 2. The molecule has 2 aromatic heterocycles. The second kappa shape index (κ2) is 6.63. The maximum atomic E-state index is 12.9. The van der Waals surface area contributed by atoms with Crippen molar-refractivity contribution in [3.8, 4) is 0 Å². The third-order valence-electron chi connectivity index (χ3n) is 6.11. The average Bonchev–Trinajstić information content (AvgIpc) is 3.22. The van der Waals surface area contributed by atoms with Gasteiger partial charge < -0.3 is 5.32 Å². The Morgan fingerprint density at radius 2 is 2.07 bits per heavy atom. The van der Waals surface area contributed by atoms with Crippen LogP contribution in [0.4, 0.5) is 19.0 Å². The number of nitrogens with one attached hydrogen (secondary N) is 1. The van der Waals surface area contributed by atoms with Gasteiger partial charge in [-0.05, 0) is 65.2 Å². The molecule has 0 spiro atoms. The summed E-state index contributed by atoms with van der Waals surface area (Å²) >= 11 is 1.71. The van der Waals surface area contributed by atoms with Crippen molar-refractivity contribution in [1.82, 2.24) is 14.5 Å². The van der Waals surface area contributed by atoms with E-state index in [1.807, 2.05) is 28.7 Å². The lowest BCUT2D eigenvalue weighted by atomic mass is 10.0. The van der Waals surface area contributed by atoms with E-state index in [9.17, 15) is 21.6 Å². The number of sulfone groups is 1. The van der Waals surface area contributed by atoms with Gasteiger partial charge in [-0.2, -0.15) is 18.3 Å². The summed E-state index contributed by atoms with van der Waals surface area (Å²) in [6.45, 7) is 1.68. The van der Waals surface area contributed by atoms with Crippen molar-refractivity contribution in [2.75, 3.05) is 29.9 Å². The Kier molecular flexibility index (Phi) is 4.62. The number of anilines is 1. The quantitative estimate of drug-likeness (QED) is 0.460. The molecule has 158 valence electrons. The molecule has 0 aromatic carbocycles. The summed E-state index contributed by atoms with van der Waals surface area (Å²) in [4.78, 5) is 2.39. The molecule has 2 aromatic rings. The topological polar surface area (TPSA) is 66.7 Å². The minimum absolute atomic E-state index is 0.0812. The third kappa shape index (κ3) is 3.74. The lowest BCUT2D eigenvalue weighted by molar-refractivity contribution is -0.0328.